The van der Waals surface area contributed by atoms with E-state index in [4.69, 9.17) is 10.7 Å². The van der Waals surface area contributed by atoms with E-state index in [0.717, 1.165) is 27.6 Å². The van der Waals surface area contributed by atoms with Gasteiger partial charge in [0.05, 0.1) is 22.6 Å². The quantitative estimate of drug-likeness (QED) is 0.290. The van der Waals surface area contributed by atoms with Crippen LogP contribution in [0.5, 0.6) is 0 Å². The van der Waals surface area contributed by atoms with Crippen molar-refractivity contribution < 1.29 is 14.4 Å². The Morgan fingerprint density at radius 1 is 0.769 bits per heavy atom. The predicted molar refractivity (Wildman–Crippen MR) is 153 cm³/mol. The summed E-state index contributed by atoms with van der Waals surface area (Å²) in [4.78, 5) is 44.2. The number of carbonyl (C=O) groups is 3. The van der Waals surface area contributed by atoms with E-state index in [2.05, 4.69) is 0 Å². The van der Waals surface area contributed by atoms with E-state index >= 15 is 0 Å². The number of hydrogen-bond acceptors (Lipinski definition) is 4. The Hall–Kier alpha value is -5.36. The number of primary amides is 1. The molecule has 2 N–H and O–H groups in total. The topological polar surface area (TPSA) is 93.4 Å². The van der Waals surface area contributed by atoms with Crippen LogP contribution in [0, 0.1) is 0 Å². The number of nitrogens with two attached hydrogens (primary N) is 1. The first-order chi connectivity index (χ1) is 18.9. The van der Waals surface area contributed by atoms with Gasteiger partial charge >= 0.3 is 0 Å². The third-order valence-electron chi connectivity index (χ3n) is 6.88. The van der Waals surface area contributed by atoms with E-state index in [-0.39, 0.29) is 17.4 Å². The normalized spacial score (nSPS) is 13.6. The molecule has 0 aliphatic carbocycles. The van der Waals surface area contributed by atoms with Crippen LogP contribution in [-0.4, -0.2) is 22.6 Å². The van der Waals surface area contributed by atoms with Gasteiger partial charge in [0.2, 0.25) is 17.6 Å². The van der Waals surface area contributed by atoms with Crippen molar-refractivity contribution in [3.8, 4) is 22.3 Å². The number of pyridine rings is 1. The van der Waals surface area contributed by atoms with Crippen LogP contribution in [-0.2, 0) is 4.79 Å². The van der Waals surface area contributed by atoms with Crippen LogP contribution in [0.15, 0.2) is 109 Å². The van der Waals surface area contributed by atoms with Gasteiger partial charge in [0.25, 0.3) is 0 Å². The Kier molecular flexibility index (Phi) is 5.85. The highest BCUT2D eigenvalue weighted by atomic mass is 16.2. The van der Waals surface area contributed by atoms with Crippen molar-refractivity contribution in [3.63, 3.8) is 0 Å². The number of anilines is 1. The van der Waals surface area contributed by atoms with Gasteiger partial charge in [-0.25, -0.2) is 4.98 Å². The Balaban J connectivity index is 1.61. The van der Waals surface area contributed by atoms with Crippen molar-refractivity contribution in [2.45, 2.75) is 6.92 Å². The Morgan fingerprint density at radius 3 is 2.15 bits per heavy atom. The number of nitrogens with zero attached hydrogens (tertiary/aromatic N) is 2. The van der Waals surface area contributed by atoms with E-state index in [1.165, 1.54) is 11.8 Å². The third kappa shape index (κ3) is 4.18. The second kappa shape index (κ2) is 9.50. The monoisotopic (exact) mass is 509 g/mol. The average molecular weight is 510 g/mol. The van der Waals surface area contributed by atoms with Crippen molar-refractivity contribution in [2.75, 3.05) is 4.90 Å². The van der Waals surface area contributed by atoms with Gasteiger partial charge in [-0.3, -0.25) is 19.3 Å². The van der Waals surface area contributed by atoms with Crippen LogP contribution < -0.4 is 10.6 Å². The first kappa shape index (κ1) is 24.0. The van der Waals surface area contributed by atoms with Crippen LogP contribution in [0.2, 0.25) is 0 Å². The van der Waals surface area contributed by atoms with E-state index in [1.54, 1.807) is 48.5 Å². The minimum atomic E-state index is -0.531. The number of ketones is 1. The van der Waals surface area contributed by atoms with Gasteiger partial charge < -0.3 is 5.73 Å². The summed E-state index contributed by atoms with van der Waals surface area (Å²) in [5.74, 6) is -1.03. The molecule has 6 rings (SSSR count). The summed E-state index contributed by atoms with van der Waals surface area (Å²) < 4.78 is 0. The summed E-state index contributed by atoms with van der Waals surface area (Å²) >= 11 is 0. The number of fused-ring (bicyclic) bond motifs is 2. The number of benzene rings is 4. The van der Waals surface area contributed by atoms with Crippen molar-refractivity contribution >= 4 is 40.3 Å². The number of para-hydroxylation sites is 1. The van der Waals surface area contributed by atoms with Gasteiger partial charge in [-0.2, -0.15) is 0 Å². The Morgan fingerprint density at radius 2 is 1.44 bits per heavy atom. The zero-order valence-electron chi connectivity index (χ0n) is 21.1. The first-order valence-electron chi connectivity index (χ1n) is 12.5. The lowest BCUT2D eigenvalue weighted by atomic mass is 9.91. The summed E-state index contributed by atoms with van der Waals surface area (Å²) in [6, 6.07) is 32.1. The fourth-order valence-corrected chi connectivity index (χ4v) is 5.12. The third-order valence-corrected chi connectivity index (χ3v) is 6.88. The molecule has 4 aromatic carbocycles. The molecule has 188 valence electrons. The largest absolute Gasteiger partial charge is 0.366 e. The maximum atomic E-state index is 13.4. The fourth-order valence-electron chi connectivity index (χ4n) is 5.12. The number of carbonyl (C=O) groups excluding carboxylic acids is 3. The minimum absolute atomic E-state index is 0.238. The number of aromatic nitrogens is 1. The second-order valence-electron chi connectivity index (χ2n) is 9.33. The van der Waals surface area contributed by atoms with Gasteiger partial charge in [-0.1, -0.05) is 66.7 Å². The highest BCUT2D eigenvalue weighted by Crippen LogP contribution is 2.39. The summed E-state index contributed by atoms with van der Waals surface area (Å²) in [6.45, 7) is 1.43. The fraction of sp³-hybridized carbons (Fsp3) is 0.0303. The molecule has 0 saturated carbocycles. The highest BCUT2D eigenvalue weighted by molar-refractivity contribution is 6.26. The lowest BCUT2D eigenvalue weighted by molar-refractivity contribution is -0.116. The van der Waals surface area contributed by atoms with Crippen LogP contribution >= 0.6 is 0 Å². The minimum Gasteiger partial charge on any atom is -0.366 e. The average Bonchev–Trinajstić information content (AvgIpc) is 3.24. The molecule has 0 atom stereocenters. The molecule has 0 spiro atoms. The number of Topliss-reactive ketones (excluding diaryl/α,β-unsaturated/α-hetero) is 1. The van der Waals surface area contributed by atoms with Crippen molar-refractivity contribution in [1.82, 2.24) is 4.98 Å². The van der Waals surface area contributed by atoms with E-state index in [9.17, 15) is 14.4 Å². The van der Waals surface area contributed by atoms with E-state index in [0.29, 0.717) is 28.0 Å². The molecular weight excluding hydrogens is 486 g/mol. The molecule has 0 radical (unpaired) electrons. The van der Waals surface area contributed by atoms with E-state index in [1.807, 2.05) is 60.7 Å². The van der Waals surface area contributed by atoms with Crippen molar-refractivity contribution in [2.24, 2.45) is 5.73 Å². The molecule has 0 saturated heterocycles. The molecule has 5 aromatic rings. The molecule has 2 amide bonds. The lowest BCUT2D eigenvalue weighted by Crippen LogP contribution is -2.25. The van der Waals surface area contributed by atoms with Crippen LogP contribution in [0.4, 0.5) is 5.69 Å². The predicted octanol–water partition coefficient (Wildman–Crippen LogP) is 6.26. The molecule has 1 aliphatic heterocycles. The number of allylic oxidation sites excluding steroid dienone is 1. The van der Waals surface area contributed by atoms with Gasteiger partial charge in [-0.05, 0) is 64.7 Å². The summed E-state index contributed by atoms with van der Waals surface area (Å²) in [5, 5.41) is 0.751. The Labute approximate surface area is 225 Å². The zero-order chi connectivity index (χ0) is 27.1. The standard InChI is InChI=1S/C33H23N3O3/c1-20(37)36-30-14-8-7-13-26(30)32(38)31(36)19-23-18-27(28-17-22(33(34)39)15-16-29(28)35-23)25-12-6-5-11-24(25)21-9-3-2-4-10-21/h2-19H,1H3,(H2,34,39)/b31-19-. The maximum absolute atomic E-state index is 13.4. The summed E-state index contributed by atoms with van der Waals surface area (Å²) in [7, 11) is 0. The molecule has 39 heavy (non-hydrogen) atoms. The molecule has 6 nitrogen and oxygen atoms in total. The van der Waals surface area contributed by atoms with Crippen LogP contribution in [0.1, 0.15) is 33.3 Å². The maximum Gasteiger partial charge on any atom is 0.248 e. The lowest BCUT2D eigenvalue weighted by Gasteiger charge is -2.17. The first-order valence-corrected chi connectivity index (χ1v) is 12.5. The van der Waals surface area contributed by atoms with Crippen LogP contribution in [0.25, 0.3) is 39.2 Å². The number of hydrogen-bond donors (Lipinski definition) is 1. The highest BCUT2D eigenvalue weighted by Gasteiger charge is 2.34. The second-order valence-corrected chi connectivity index (χ2v) is 9.33. The summed E-state index contributed by atoms with van der Waals surface area (Å²) in [6.07, 6.45) is 1.65. The smallest absolute Gasteiger partial charge is 0.248 e. The summed E-state index contributed by atoms with van der Waals surface area (Å²) in [5.41, 5.74) is 12.2. The SMILES string of the molecule is CC(=O)N1/C(=C\c2cc(-c3ccccc3-c3ccccc3)c3cc(C(N)=O)ccc3n2)C(=O)c2ccccc21. The van der Waals surface area contributed by atoms with Gasteiger partial charge in [0, 0.05) is 23.4 Å². The number of rotatable bonds is 4. The molecule has 6 heteroatoms. The molecular formula is C33H23N3O3. The molecule has 0 unspecified atom stereocenters. The molecule has 1 aliphatic rings. The van der Waals surface area contributed by atoms with Gasteiger partial charge in [-0.15, -0.1) is 0 Å². The van der Waals surface area contributed by atoms with Gasteiger partial charge in [0.15, 0.2) is 0 Å². The van der Waals surface area contributed by atoms with Crippen LogP contribution in [0.3, 0.4) is 0 Å². The zero-order valence-corrected chi connectivity index (χ0v) is 21.1. The van der Waals surface area contributed by atoms with E-state index < -0.39 is 5.91 Å². The molecule has 1 aromatic heterocycles. The molecule has 0 bridgehead atoms. The Bertz CT molecular complexity index is 1840. The number of amides is 2. The molecule has 0 fully saturated rings. The van der Waals surface area contributed by atoms with Crippen molar-refractivity contribution in [1.29, 1.82) is 0 Å². The van der Waals surface area contributed by atoms with Gasteiger partial charge in [0.1, 0.15) is 0 Å². The molecule has 2 heterocycles. The van der Waals surface area contributed by atoms with Crippen molar-refractivity contribution in [3.05, 3.63) is 126 Å².